The maximum atomic E-state index is 8.40. The second kappa shape index (κ2) is 2.70. The Kier molecular flexibility index (Phi) is 1.91. The molecule has 0 spiro atoms. The highest BCUT2D eigenvalue weighted by Gasteiger charge is 1.99. The maximum Gasteiger partial charge on any atom is 0.0966 e. The van der Waals surface area contributed by atoms with Crippen molar-refractivity contribution in [3.05, 3.63) is 22.3 Å². The molecule has 0 aromatic rings. The van der Waals surface area contributed by atoms with Gasteiger partial charge in [-0.25, -0.2) is 0 Å². The topological polar surface area (TPSA) is 35.8 Å². The molecule has 3 heteroatoms. The van der Waals surface area contributed by atoms with E-state index < -0.39 is 0 Å². The van der Waals surface area contributed by atoms with Crippen LogP contribution >= 0.6 is 15.9 Å². The van der Waals surface area contributed by atoms with Gasteiger partial charge in [0, 0.05) is 22.8 Å². The minimum absolute atomic E-state index is 0.644. The van der Waals surface area contributed by atoms with Gasteiger partial charge in [0.05, 0.1) is 6.07 Å². The summed E-state index contributed by atoms with van der Waals surface area (Å²) in [6.45, 7) is 0.644. The number of nitrogens with one attached hydrogen (secondary N) is 1. The molecule has 46 valence electrons. The van der Waals surface area contributed by atoms with E-state index in [9.17, 15) is 0 Å². The fourth-order valence-corrected chi connectivity index (χ4v) is 1.03. The summed E-state index contributed by atoms with van der Waals surface area (Å²) < 4.78 is 0.922. The van der Waals surface area contributed by atoms with E-state index in [2.05, 4.69) is 27.3 Å². The lowest BCUT2D eigenvalue weighted by molar-refractivity contribution is 0.941. The molecule has 0 aliphatic carbocycles. The summed E-state index contributed by atoms with van der Waals surface area (Å²) in [6, 6.07) is 2.06. The summed E-state index contributed by atoms with van der Waals surface area (Å²) >= 11 is 3.24. The molecule has 0 atom stereocenters. The van der Waals surface area contributed by atoms with E-state index in [1.54, 1.807) is 6.08 Å². The zero-order valence-corrected chi connectivity index (χ0v) is 6.27. The van der Waals surface area contributed by atoms with Crippen molar-refractivity contribution in [3.63, 3.8) is 0 Å². The number of nitriles is 1. The Balaban J connectivity index is 2.78. The van der Waals surface area contributed by atoms with Crippen LogP contribution < -0.4 is 5.32 Å². The van der Waals surface area contributed by atoms with Crippen molar-refractivity contribution >= 4 is 15.9 Å². The molecule has 0 aromatic heterocycles. The summed E-state index contributed by atoms with van der Waals surface area (Å²) in [5.41, 5.74) is 0.754. The summed E-state index contributed by atoms with van der Waals surface area (Å²) in [6.07, 6.45) is 3.62. The van der Waals surface area contributed by atoms with Crippen LogP contribution in [-0.4, -0.2) is 6.54 Å². The van der Waals surface area contributed by atoms with Crippen LogP contribution in [0.3, 0.4) is 0 Å². The number of dihydropyridines is 1. The molecule has 0 fully saturated rings. The van der Waals surface area contributed by atoms with Gasteiger partial charge in [-0.1, -0.05) is 0 Å². The number of hydrogen-bond donors (Lipinski definition) is 1. The number of allylic oxidation sites excluding steroid dienone is 2. The lowest BCUT2D eigenvalue weighted by atomic mass is 10.2. The van der Waals surface area contributed by atoms with Gasteiger partial charge >= 0.3 is 0 Å². The normalized spacial score (nSPS) is 16.9. The molecular weight excluding hydrogens is 180 g/mol. The minimum atomic E-state index is 0.644. The zero-order valence-electron chi connectivity index (χ0n) is 4.69. The molecule has 1 aliphatic heterocycles. The van der Waals surface area contributed by atoms with Crippen LogP contribution in [0.2, 0.25) is 0 Å². The second-order valence-corrected chi connectivity index (χ2v) is 2.61. The average molecular weight is 185 g/mol. The SMILES string of the molecule is N#CC1=CC(Br)=CNC1. The predicted molar refractivity (Wildman–Crippen MR) is 38.7 cm³/mol. The highest BCUT2D eigenvalue weighted by molar-refractivity contribution is 9.11. The van der Waals surface area contributed by atoms with Gasteiger partial charge in [-0.15, -0.1) is 0 Å². The van der Waals surface area contributed by atoms with E-state index in [-0.39, 0.29) is 0 Å². The quantitative estimate of drug-likeness (QED) is 0.616. The molecule has 1 aliphatic rings. The maximum absolute atomic E-state index is 8.40. The molecule has 0 unspecified atom stereocenters. The predicted octanol–water partition coefficient (Wildman–Crippen LogP) is 1.28. The van der Waals surface area contributed by atoms with E-state index in [1.165, 1.54) is 0 Å². The molecule has 0 saturated heterocycles. The average Bonchev–Trinajstić information content (AvgIpc) is 1.88. The Morgan fingerprint density at radius 3 is 3.00 bits per heavy atom. The first kappa shape index (κ1) is 6.37. The number of rotatable bonds is 0. The van der Waals surface area contributed by atoms with Crippen molar-refractivity contribution < 1.29 is 0 Å². The van der Waals surface area contributed by atoms with Gasteiger partial charge in [0.2, 0.25) is 0 Å². The largest absolute Gasteiger partial charge is 0.385 e. The van der Waals surface area contributed by atoms with Gasteiger partial charge in [0.25, 0.3) is 0 Å². The molecule has 1 heterocycles. The Morgan fingerprint density at radius 2 is 2.56 bits per heavy atom. The fourth-order valence-electron chi connectivity index (χ4n) is 0.589. The number of nitrogens with zero attached hydrogens (tertiary/aromatic N) is 1. The molecule has 0 aromatic carbocycles. The second-order valence-electron chi connectivity index (χ2n) is 1.69. The van der Waals surface area contributed by atoms with Gasteiger partial charge in [0.15, 0.2) is 0 Å². The lowest BCUT2D eigenvalue weighted by Gasteiger charge is -2.04. The monoisotopic (exact) mass is 184 g/mol. The molecule has 1 rings (SSSR count). The van der Waals surface area contributed by atoms with Crippen molar-refractivity contribution in [1.29, 1.82) is 5.26 Å². The smallest absolute Gasteiger partial charge is 0.0966 e. The Labute approximate surface area is 62.0 Å². The molecule has 0 bridgehead atoms. The van der Waals surface area contributed by atoms with Crippen LogP contribution in [0.15, 0.2) is 22.3 Å². The summed E-state index contributed by atoms with van der Waals surface area (Å²) in [5.74, 6) is 0. The van der Waals surface area contributed by atoms with Crippen LogP contribution in [0.25, 0.3) is 0 Å². The Morgan fingerprint density at radius 1 is 1.78 bits per heavy atom. The summed E-state index contributed by atoms with van der Waals surface area (Å²) in [5, 5.41) is 11.3. The molecule has 0 radical (unpaired) electrons. The highest BCUT2D eigenvalue weighted by atomic mass is 79.9. The van der Waals surface area contributed by atoms with Crippen LogP contribution in [0.1, 0.15) is 0 Å². The third kappa shape index (κ3) is 1.58. The van der Waals surface area contributed by atoms with E-state index in [1.807, 2.05) is 6.20 Å². The zero-order chi connectivity index (χ0) is 6.69. The van der Waals surface area contributed by atoms with Crippen molar-refractivity contribution in [2.24, 2.45) is 0 Å². The van der Waals surface area contributed by atoms with E-state index >= 15 is 0 Å². The van der Waals surface area contributed by atoms with Crippen molar-refractivity contribution in [3.8, 4) is 6.07 Å². The van der Waals surface area contributed by atoms with Crippen molar-refractivity contribution in [1.82, 2.24) is 5.32 Å². The standard InChI is InChI=1S/C6H5BrN2/c7-6-1-5(2-8)3-9-4-6/h1,4,9H,3H2. The first-order valence-corrected chi connectivity index (χ1v) is 3.32. The molecular formula is C6H5BrN2. The van der Waals surface area contributed by atoms with E-state index in [0.29, 0.717) is 6.54 Å². The fraction of sp³-hybridized carbons (Fsp3) is 0.167. The van der Waals surface area contributed by atoms with E-state index in [0.717, 1.165) is 10.1 Å². The van der Waals surface area contributed by atoms with Crippen LogP contribution in [0.5, 0.6) is 0 Å². The van der Waals surface area contributed by atoms with E-state index in [4.69, 9.17) is 5.26 Å². The summed E-state index contributed by atoms with van der Waals surface area (Å²) in [7, 11) is 0. The minimum Gasteiger partial charge on any atom is -0.385 e. The molecule has 0 amide bonds. The number of halogens is 1. The van der Waals surface area contributed by atoms with Gasteiger partial charge in [0.1, 0.15) is 0 Å². The third-order valence-corrected chi connectivity index (χ3v) is 1.45. The first-order valence-electron chi connectivity index (χ1n) is 2.52. The van der Waals surface area contributed by atoms with Gasteiger partial charge < -0.3 is 5.32 Å². The molecule has 0 saturated carbocycles. The third-order valence-electron chi connectivity index (χ3n) is 0.988. The first-order chi connectivity index (χ1) is 4.33. The molecule has 9 heavy (non-hydrogen) atoms. The lowest BCUT2D eigenvalue weighted by Crippen LogP contribution is -2.12. The van der Waals surface area contributed by atoms with Crippen molar-refractivity contribution in [2.75, 3.05) is 6.54 Å². The van der Waals surface area contributed by atoms with Crippen molar-refractivity contribution in [2.45, 2.75) is 0 Å². The van der Waals surface area contributed by atoms with Crippen LogP contribution in [-0.2, 0) is 0 Å². The van der Waals surface area contributed by atoms with Gasteiger partial charge in [-0.3, -0.25) is 0 Å². The van der Waals surface area contributed by atoms with Crippen LogP contribution in [0, 0.1) is 11.3 Å². The van der Waals surface area contributed by atoms with Gasteiger partial charge in [-0.2, -0.15) is 5.26 Å². The number of hydrogen-bond acceptors (Lipinski definition) is 2. The Bertz CT molecular complexity index is 210. The highest BCUT2D eigenvalue weighted by Crippen LogP contribution is 2.11. The van der Waals surface area contributed by atoms with Crippen LogP contribution in [0.4, 0.5) is 0 Å². The molecule has 2 nitrogen and oxygen atoms in total. The van der Waals surface area contributed by atoms with Gasteiger partial charge in [-0.05, 0) is 22.0 Å². The summed E-state index contributed by atoms with van der Waals surface area (Å²) in [4.78, 5) is 0. The molecule has 1 N–H and O–H groups in total. The Hall–Kier alpha value is -0.750.